The highest BCUT2D eigenvalue weighted by atomic mass is 32.1. The van der Waals surface area contributed by atoms with Gasteiger partial charge in [-0.05, 0) is 37.3 Å². The highest BCUT2D eigenvalue weighted by molar-refractivity contribution is 7.09. The first-order valence-corrected chi connectivity index (χ1v) is 6.80. The Hall–Kier alpha value is -1.19. The molecule has 2 nitrogen and oxygen atoms in total. The first-order chi connectivity index (χ1) is 8.20. The van der Waals surface area contributed by atoms with Crippen molar-refractivity contribution in [3.8, 4) is 0 Å². The summed E-state index contributed by atoms with van der Waals surface area (Å²) in [6.07, 6.45) is 4.62. The van der Waals surface area contributed by atoms with Crippen LogP contribution in [-0.4, -0.2) is 10.1 Å². The first kappa shape index (κ1) is 10.9. The number of benzene rings is 1. The van der Waals surface area contributed by atoms with Crippen molar-refractivity contribution in [3.05, 3.63) is 51.5 Å². The third-order valence-electron chi connectivity index (χ3n) is 3.48. The zero-order chi connectivity index (χ0) is 11.9. The molecule has 2 aromatic rings. The molecule has 0 aliphatic heterocycles. The Bertz CT molecular complexity index is 535. The highest BCUT2D eigenvalue weighted by Gasteiger charge is 2.38. The molecule has 1 heterocycles. The van der Waals surface area contributed by atoms with Crippen LogP contribution >= 0.6 is 11.3 Å². The molecule has 1 aliphatic rings. The van der Waals surface area contributed by atoms with Crippen LogP contribution in [0.3, 0.4) is 0 Å². The summed E-state index contributed by atoms with van der Waals surface area (Å²) in [4.78, 5) is 4.30. The van der Waals surface area contributed by atoms with Crippen LogP contribution < -0.4 is 0 Å². The van der Waals surface area contributed by atoms with Gasteiger partial charge in [-0.25, -0.2) is 4.98 Å². The lowest BCUT2D eigenvalue weighted by atomic mass is 9.79. The average Bonchev–Trinajstić information content (AvgIpc) is 2.82. The van der Waals surface area contributed by atoms with E-state index in [0.717, 1.165) is 29.8 Å². The smallest absolute Gasteiger partial charge is 0.141 e. The van der Waals surface area contributed by atoms with Crippen LogP contribution in [0.2, 0.25) is 0 Å². The second-order valence-corrected chi connectivity index (χ2v) is 5.61. The Balaban J connectivity index is 2.17. The van der Waals surface area contributed by atoms with Crippen molar-refractivity contribution in [1.29, 1.82) is 0 Å². The van der Waals surface area contributed by atoms with E-state index in [0.29, 0.717) is 0 Å². The molecule has 0 fully saturated rings. The molecule has 1 N–H and O–H groups in total. The predicted molar refractivity (Wildman–Crippen MR) is 69.2 cm³/mol. The summed E-state index contributed by atoms with van der Waals surface area (Å²) in [6.45, 7) is 2.09. The molecule has 0 amide bonds. The van der Waals surface area contributed by atoms with E-state index < -0.39 is 5.60 Å². The molecule has 1 aromatic heterocycles. The van der Waals surface area contributed by atoms with Crippen molar-refractivity contribution in [2.24, 2.45) is 0 Å². The highest BCUT2D eigenvalue weighted by Crippen LogP contribution is 2.41. The molecule has 0 bridgehead atoms. The minimum atomic E-state index is -0.866. The third-order valence-corrected chi connectivity index (χ3v) is 4.40. The molecule has 3 rings (SSSR count). The van der Waals surface area contributed by atoms with Crippen LogP contribution in [0.4, 0.5) is 0 Å². The lowest BCUT2D eigenvalue weighted by molar-refractivity contribution is 0.0613. The lowest BCUT2D eigenvalue weighted by Gasteiger charge is -2.33. The van der Waals surface area contributed by atoms with Gasteiger partial charge >= 0.3 is 0 Å². The summed E-state index contributed by atoms with van der Waals surface area (Å²) in [5.74, 6) is 0. The van der Waals surface area contributed by atoms with Crippen molar-refractivity contribution in [3.63, 3.8) is 0 Å². The van der Waals surface area contributed by atoms with Crippen molar-refractivity contribution >= 4 is 11.3 Å². The predicted octanol–water partition coefficient (Wildman–Crippen LogP) is 3.02. The van der Waals surface area contributed by atoms with Gasteiger partial charge in [0.15, 0.2) is 0 Å². The molecule has 3 heteroatoms. The molecular weight excluding hydrogens is 230 g/mol. The zero-order valence-corrected chi connectivity index (χ0v) is 10.6. The molecular formula is C14H15NOS. The van der Waals surface area contributed by atoms with Gasteiger partial charge in [0, 0.05) is 11.6 Å². The fourth-order valence-electron chi connectivity index (χ4n) is 2.65. The van der Waals surface area contributed by atoms with Gasteiger partial charge < -0.3 is 5.11 Å². The van der Waals surface area contributed by atoms with Gasteiger partial charge in [-0.1, -0.05) is 23.8 Å². The second kappa shape index (κ2) is 3.93. The van der Waals surface area contributed by atoms with E-state index in [1.54, 1.807) is 6.20 Å². The van der Waals surface area contributed by atoms with E-state index in [-0.39, 0.29) is 0 Å². The van der Waals surface area contributed by atoms with E-state index in [9.17, 15) is 5.11 Å². The topological polar surface area (TPSA) is 33.1 Å². The SMILES string of the molecule is Cc1ccc2c(c1)CCC[C@]2(O)c1nccs1. The molecule has 0 saturated carbocycles. The minimum absolute atomic E-state index is 0.774. The maximum atomic E-state index is 10.9. The van der Waals surface area contributed by atoms with E-state index in [4.69, 9.17) is 0 Å². The summed E-state index contributed by atoms with van der Waals surface area (Å²) < 4.78 is 0. The second-order valence-electron chi connectivity index (χ2n) is 4.71. The first-order valence-electron chi connectivity index (χ1n) is 5.92. The molecule has 0 unspecified atom stereocenters. The normalized spacial score (nSPS) is 23.4. The number of aryl methyl sites for hydroxylation is 2. The van der Waals surface area contributed by atoms with Gasteiger partial charge in [0.2, 0.25) is 0 Å². The Labute approximate surface area is 105 Å². The number of fused-ring (bicyclic) bond motifs is 1. The number of hydrogen-bond acceptors (Lipinski definition) is 3. The standard InChI is InChI=1S/C14H15NOS/c1-10-4-5-12-11(9-10)3-2-6-14(12,16)13-15-7-8-17-13/h4-5,7-9,16H,2-3,6H2,1H3/t14-/m1/s1. The van der Waals surface area contributed by atoms with Gasteiger partial charge in [0.25, 0.3) is 0 Å². The average molecular weight is 245 g/mol. The molecule has 0 radical (unpaired) electrons. The Morgan fingerprint density at radius 1 is 1.41 bits per heavy atom. The quantitative estimate of drug-likeness (QED) is 0.837. The Morgan fingerprint density at radius 3 is 3.06 bits per heavy atom. The van der Waals surface area contributed by atoms with Crippen molar-refractivity contribution in [2.75, 3.05) is 0 Å². The maximum Gasteiger partial charge on any atom is 0.141 e. The fraction of sp³-hybridized carbons (Fsp3) is 0.357. The van der Waals surface area contributed by atoms with Gasteiger partial charge in [-0.3, -0.25) is 0 Å². The zero-order valence-electron chi connectivity index (χ0n) is 9.81. The van der Waals surface area contributed by atoms with Crippen LogP contribution in [0, 0.1) is 6.92 Å². The molecule has 17 heavy (non-hydrogen) atoms. The summed E-state index contributed by atoms with van der Waals surface area (Å²) in [7, 11) is 0. The molecule has 1 aromatic carbocycles. The van der Waals surface area contributed by atoms with Crippen molar-refractivity contribution in [2.45, 2.75) is 31.8 Å². The molecule has 1 aliphatic carbocycles. The Morgan fingerprint density at radius 2 is 2.29 bits per heavy atom. The van der Waals surface area contributed by atoms with Gasteiger partial charge in [-0.15, -0.1) is 11.3 Å². The monoisotopic (exact) mass is 245 g/mol. The van der Waals surface area contributed by atoms with Crippen molar-refractivity contribution < 1.29 is 5.11 Å². The van der Waals surface area contributed by atoms with E-state index in [1.807, 2.05) is 5.38 Å². The molecule has 0 spiro atoms. The summed E-state index contributed by atoms with van der Waals surface area (Å²) in [5.41, 5.74) is 2.71. The summed E-state index contributed by atoms with van der Waals surface area (Å²) in [5, 5.41) is 13.7. The molecule has 1 atom stereocenters. The van der Waals surface area contributed by atoms with Crippen LogP contribution in [0.5, 0.6) is 0 Å². The Kier molecular flexibility index (Phi) is 2.53. The summed E-state index contributed by atoms with van der Waals surface area (Å²) >= 11 is 1.53. The van der Waals surface area contributed by atoms with Crippen LogP contribution in [-0.2, 0) is 12.0 Å². The van der Waals surface area contributed by atoms with Crippen molar-refractivity contribution in [1.82, 2.24) is 4.98 Å². The maximum absolute atomic E-state index is 10.9. The lowest BCUT2D eigenvalue weighted by Crippen LogP contribution is -2.31. The third kappa shape index (κ3) is 1.70. The van der Waals surface area contributed by atoms with Gasteiger partial charge in [0.1, 0.15) is 10.6 Å². The number of hydrogen-bond donors (Lipinski definition) is 1. The number of rotatable bonds is 1. The van der Waals surface area contributed by atoms with Crippen LogP contribution in [0.15, 0.2) is 29.8 Å². The van der Waals surface area contributed by atoms with E-state index in [2.05, 4.69) is 30.1 Å². The van der Waals surface area contributed by atoms with Gasteiger partial charge in [0.05, 0.1) is 0 Å². The van der Waals surface area contributed by atoms with Crippen LogP contribution in [0.25, 0.3) is 0 Å². The number of thiazole rings is 1. The van der Waals surface area contributed by atoms with Crippen LogP contribution in [0.1, 0.15) is 34.5 Å². The van der Waals surface area contributed by atoms with E-state index in [1.165, 1.54) is 22.5 Å². The largest absolute Gasteiger partial charge is 0.378 e. The molecule has 0 saturated heterocycles. The van der Waals surface area contributed by atoms with Gasteiger partial charge in [-0.2, -0.15) is 0 Å². The summed E-state index contributed by atoms with van der Waals surface area (Å²) in [6, 6.07) is 6.32. The number of aliphatic hydroxyl groups is 1. The minimum Gasteiger partial charge on any atom is -0.378 e. The fourth-order valence-corrected chi connectivity index (χ4v) is 3.43. The van der Waals surface area contributed by atoms with E-state index >= 15 is 0 Å². The number of nitrogens with zero attached hydrogens (tertiary/aromatic N) is 1. The molecule has 88 valence electrons. The number of aromatic nitrogens is 1.